The molecule has 0 fully saturated rings. The van der Waals surface area contributed by atoms with Crippen molar-refractivity contribution in [2.75, 3.05) is 23.7 Å². The van der Waals surface area contributed by atoms with Gasteiger partial charge in [0.25, 0.3) is 0 Å². The monoisotopic (exact) mass is 307 g/mol. The molecule has 23 heavy (non-hydrogen) atoms. The van der Waals surface area contributed by atoms with Crippen LogP contribution >= 0.6 is 0 Å². The summed E-state index contributed by atoms with van der Waals surface area (Å²) in [6.45, 7) is 1.30. The Hall–Kier alpha value is -2.91. The molecule has 1 aromatic carbocycles. The molecule has 1 aromatic heterocycles. The largest absolute Gasteiger partial charge is 0.370 e. The fourth-order valence-corrected chi connectivity index (χ4v) is 2.45. The van der Waals surface area contributed by atoms with Crippen LogP contribution < -0.4 is 16.0 Å². The highest BCUT2D eigenvalue weighted by atomic mass is 16.2. The predicted molar refractivity (Wildman–Crippen MR) is 88.0 cm³/mol. The van der Waals surface area contributed by atoms with Gasteiger partial charge >= 0.3 is 0 Å². The molecule has 3 N–H and O–H groups in total. The molecule has 0 aliphatic carbocycles. The number of nitrogens with one attached hydrogen (secondary N) is 3. The van der Waals surface area contributed by atoms with Crippen LogP contribution in [0.25, 0.3) is 0 Å². The van der Waals surface area contributed by atoms with Crippen LogP contribution in [0.4, 0.5) is 11.5 Å². The molecule has 0 bridgehead atoms. The summed E-state index contributed by atoms with van der Waals surface area (Å²) in [7, 11) is 0. The molecule has 0 saturated carbocycles. The van der Waals surface area contributed by atoms with E-state index in [-0.39, 0.29) is 11.9 Å². The number of pyridine rings is 1. The van der Waals surface area contributed by atoms with Crippen LogP contribution in [-0.4, -0.2) is 30.0 Å². The third kappa shape index (κ3) is 3.65. The standard InChI is InChI=1S/C17H17N5O/c18-10-13-5-3-12(4-6-13)7-9-19-11-15-17(23)22-16-14(21-15)2-1-8-20-16/h1-6,8,15,19,21H,7,9,11H2,(H,20,22,23). The first kappa shape index (κ1) is 15.0. The average Bonchev–Trinajstić information content (AvgIpc) is 2.59. The van der Waals surface area contributed by atoms with Gasteiger partial charge < -0.3 is 16.0 Å². The number of nitriles is 1. The van der Waals surface area contributed by atoms with E-state index in [0.717, 1.165) is 24.2 Å². The third-order valence-corrected chi connectivity index (χ3v) is 3.72. The maximum Gasteiger partial charge on any atom is 0.249 e. The maximum atomic E-state index is 12.0. The number of anilines is 2. The van der Waals surface area contributed by atoms with Gasteiger partial charge in [-0.2, -0.15) is 5.26 Å². The molecule has 6 heteroatoms. The van der Waals surface area contributed by atoms with Crippen molar-refractivity contribution in [2.24, 2.45) is 0 Å². The first-order valence-corrected chi connectivity index (χ1v) is 7.48. The van der Waals surface area contributed by atoms with Crippen molar-refractivity contribution >= 4 is 17.4 Å². The lowest BCUT2D eigenvalue weighted by atomic mass is 10.1. The zero-order valence-corrected chi connectivity index (χ0v) is 12.5. The van der Waals surface area contributed by atoms with E-state index >= 15 is 0 Å². The number of benzene rings is 1. The van der Waals surface area contributed by atoms with Gasteiger partial charge in [-0.25, -0.2) is 4.98 Å². The number of carbonyl (C=O) groups is 1. The zero-order valence-electron chi connectivity index (χ0n) is 12.5. The Morgan fingerprint density at radius 1 is 1.26 bits per heavy atom. The van der Waals surface area contributed by atoms with Gasteiger partial charge in [0.2, 0.25) is 5.91 Å². The van der Waals surface area contributed by atoms with E-state index in [4.69, 9.17) is 5.26 Å². The van der Waals surface area contributed by atoms with Crippen molar-refractivity contribution in [3.8, 4) is 6.07 Å². The van der Waals surface area contributed by atoms with Crippen LogP contribution in [0.3, 0.4) is 0 Å². The number of hydrogen-bond acceptors (Lipinski definition) is 5. The fraction of sp³-hybridized carbons (Fsp3) is 0.235. The molecule has 1 aliphatic rings. The number of amides is 1. The summed E-state index contributed by atoms with van der Waals surface area (Å²) in [5, 5.41) is 18.0. The van der Waals surface area contributed by atoms with Crippen LogP contribution in [0.1, 0.15) is 11.1 Å². The zero-order chi connectivity index (χ0) is 16.1. The molecule has 3 rings (SSSR count). The van der Waals surface area contributed by atoms with Crippen molar-refractivity contribution in [1.82, 2.24) is 10.3 Å². The summed E-state index contributed by atoms with van der Waals surface area (Å²) in [5.41, 5.74) is 2.66. The lowest BCUT2D eigenvalue weighted by molar-refractivity contribution is -0.117. The summed E-state index contributed by atoms with van der Waals surface area (Å²) in [5.74, 6) is 0.494. The second-order valence-corrected chi connectivity index (χ2v) is 5.35. The summed E-state index contributed by atoms with van der Waals surface area (Å²) >= 11 is 0. The van der Waals surface area contributed by atoms with Crippen molar-refractivity contribution in [3.05, 3.63) is 53.7 Å². The lowest BCUT2D eigenvalue weighted by Gasteiger charge is -2.26. The highest BCUT2D eigenvalue weighted by Gasteiger charge is 2.25. The van der Waals surface area contributed by atoms with Gasteiger partial charge in [-0.05, 0) is 42.8 Å². The Balaban J connectivity index is 1.47. The van der Waals surface area contributed by atoms with Crippen molar-refractivity contribution in [1.29, 1.82) is 5.26 Å². The van der Waals surface area contributed by atoms with Crippen molar-refractivity contribution in [3.63, 3.8) is 0 Å². The molecule has 0 spiro atoms. The van der Waals surface area contributed by atoms with Gasteiger partial charge in [0.05, 0.1) is 17.3 Å². The predicted octanol–water partition coefficient (Wildman–Crippen LogP) is 1.52. The molecule has 2 heterocycles. The maximum absolute atomic E-state index is 12.0. The van der Waals surface area contributed by atoms with E-state index in [0.29, 0.717) is 17.9 Å². The number of fused-ring (bicyclic) bond motifs is 1. The van der Waals surface area contributed by atoms with Gasteiger partial charge in [-0.1, -0.05) is 12.1 Å². The Labute approximate surface area is 134 Å². The third-order valence-electron chi connectivity index (χ3n) is 3.72. The number of aromatic nitrogens is 1. The molecule has 116 valence electrons. The highest BCUT2D eigenvalue weighted by molar-refractivity contribution is 6.01. The van der Waals surface area contributed by atoms with Crippen molar-refractivity contribution in [2.45, 2.75) is 12.5 Å². The van der Waals surface area contributed by atoms with E-state index in [1.807, 2.05) is 36.4 Å². The van der Waals surface area contributed by atoms with Gasteiger partial charge in [0.15, 0.2) is 5.82 Å². The first-order chi connectivity index (χ1) is 11.3. The molecule has 0 radical (unpaired) electrons. The summed E-state index contributed by atoms with van der Waals surface area (Å²) < 4.78 is 0. The molecular formula is C17H17N5O. The average molecular weight is 307 g/mol. The Morgan fingerprint density at radius 3 is 2.87 bits per heavy atom. The summed E-state index contributed by atoms with van der Waals surface area (Å²) in [4.78, 5) is 16.1. The smallest absolute Gasteiger partial charge is 0.249 e. The molecule has 1 amide bonds. The second-order valence-electron chi connectivity index (χ2n) is 5.35. The number of nitrogens with zero attached hydrogens (tertiary/aromatic N) is 2. The molecule has 2 aromatic rings. The Bertz CT molecular complexity index is 735. The second kappa shape index (κ2) is 6.90. The van der Waals surface area contributed by atoms with Gasteiger partial charge in [-0.15, -0.1) is 0 Å². The molecule has 1 unspecified atom stereocenters. The molecule has 6 nitrogen and oxygen atoms in total. The number of hydrogen-bond donors (Lipinski definition) is 3. The normalized spacial score (nSPS) is 16.0. The lowest BCUT2D eigenvalue weighted by Crippen LogP contribution is -2.46. The SMILES string of the molecule is N#Cc1ccc(CCNCC2Nc3cccnc3NC2=O)cc1. The summed E-state index contributed by atoms with van der Waals surface area (Å²) in [6, 6.07) is 13.1. The van der Waals surface area contributed by atoms with Gasteiger partial charge in [0.1, 0.15) is 6.04 Å². The Morgan fingerprint density at radius 2 is 2.09 bits per heavy atom. The minimum Gasteiger partial charge on any atom is -0.370 e. The number of rotatable bonds is 5. The van der Waals surface area contributed by atoms with Crippen LogP contribution in [-0.2, 0) is 11.2 Å². The van der Waals surface area contributed by atoms with Crippen LogP contribution in [0.2, 0.25) is 0 Å². The van der Waals surface area contributed by atoms with Crippen LogP contribution in [0.5, 0.6) is 0 Å². The Kier molecular flexibility index (Phi) is 4.50. The molecule has 1 atom stereocenters. The minimum absolute atomic E-state index is 0.0814. The van der Waals surface area contributed by atoms with Gasteiger partial charge in [0, 0.05) is 12.7 Å². The molecule has 1 aliphatic heterocycles. The van der Waals surface area contributed by atoms with Crippen molar-refractivity contribution < 1.29 is 4.79 Å². The van der Waals surface area contributed by atoms with Crippen LogP contribution in [0.15, 0.2) is 42.6 Å². The highest BCUT2D eigenvalue weighted by Crippen LogP contribution is 2.22. The summed E-state index contributed by atoms with van der Waals surface area (Å²) in [6.07, 6.45) is 2.50. The van der Waals surface area contributed by atoms with Gasteiger partial charge in [-0.3, -0.25) is 4.79 Å². The first-order valence-electron chi connectivity index (χ1n) is 7.48. The van der Waals surface area contributed by atoms with E-state index in [9.17, 15) is 4.79 Å². The topological polar surface area (TPSA) is 89.8 Å². The van der Waals surface area contributed by atoms with E-state index in [1.54, 1.807) is 6.20 Å². The van der Waals surface area contributed by atoms with Crippen LogP contribution in [0, 0.1) is 11.3 Å². The van der Waals surface area contributed by atoms with E-state index in [2.05, 4.69) is 27.0 Å². The van der Waals surface area contributed by atoms with E-state index in [1.165, 1.54) is 0 Å². The number of carbonyl (C=O) groups excluding carboxylic acids is 1. The van der Waals surface area contributed by atoms with E-state index < -0.39 is 0 Å². The quantitative estimate of drug-likeness (QED) is 0.729. The molecule has 0 saturated heterocycles. The molecular weight excluding hydrogens is 290 g/mol. The fourth-order valence-electron chi connectivity index (χ4n) is 2.45. The minimum atomic E-state index is -0.312.